The van der Waals surface area contributed by atoms with Crippen molar-refractivity contribution in [3.05, 3.63) is 83.7 Å². The van der Waals surface area contributed by atoms with Crippen LogP contribution in [0.4, 0.5) is 4.39 Å². The summed E-state index contributed by atoms with van der Waals surface area (Å²) in [5.41, 5.74) is 2.04. The number of rotatable bonds is 5. The van der Waals surface area contributed by atoms with Gasteiger partial charge in [0.1, 0.15) is 5.82 Å². The number of fused-ring (bicyclic) bond motifs is 1. The van der Waals surface area contributed by atoms with Crippen molar-refractivity contribution < 1.29 is 9.18 Å². The number of carbonyl (C=O) groups excluding carboxylic acids is 1. The van der Waals surface area contributed by atoms with Crippen LogP contribution in [-0.2, 0) is 17.6 Å². The summed E-state index contributed by atoms with van der Waals surface area (Å²) in [6, 6.07) is 20.4. The van der Waals surface area contributed by atoms with Crippen molar-refractivity contribution in [3.63, 3.8) is 0 Å². The van der Waals surface area contributed by atoms with Crippen molar-refractivity contribution in [2.45, 2.75) is 12.8 Å². The molecule has 0 aromatic heterocycles. The lowest BCUT2D eigenvalue weighted by Gasteiger charge is -2.08. The van der Waals surface area contributed by atoms with Gasteiger partial charge in [-0.15, -0.1) is 0 Å². The van der Waals surface area contributed by atoms with Gasteiger partial charge < -0.3 is 5.32 Å². The zero-order valence-corrected chi connectivity index (χ0v) is 12.8. The Morgan fingerprint density at radius 1 is 0.913 bits per heavy atom. The average Bonchev–Trinajstić information content (AvgIpc) is 2.57. The summed E-state index contributed by atoms with van der Waals surface area (Å²) in [4.78, 5) is 12.1. The summed E-state index contributed by atoms with van der Waals surface area (Å²) < 4.78 is 12.8. The minimum atomic E-state index is -0.242. The first kappa shape index (κ1) is 15.2. The number of hydrogen-bond acceptors (Lipinski definition) is 1. The maximum Gasteiger partial charge on any atom is 0.224 e. The predicted octanol–water partition coefficient (Wildman–Crippen LogP) is 3.88. The number of halogens is 1. The van der Waals surface area contributed by atoms with Crippen molar-refractivity contribution in [2.75, 3.05) is 6.54 Å². The van der Waals surface area contributed by atoms with E-state index in [2.05, 4.69) is 5.32 Å². The van der Waals surface area contributed by atoms with E-state index in [1.54, 1.807) is 12.1 Å². The molecule has 0 saturated heterocycles. The minimum Gasteiger partial charge on any atom is -0.355 e. The number of amides is 1. The predicted molar refractivity (Wildman–Crippen MR) is 90.8 cm³/mol. The smallest absolute Gasteiger partial charge is 0.224 e. The summed E-state index contributed by atoms with van der Waals surface area (Å²) in [6.07, 6.45) is 1.06. The van der Waals surface area contributed by atoms with Gasteiger partial charge in [0, 0.05) is 6.54 Å². The van der Waals surface area contributed by atoms with Crippen molar-refractivity contribution in [1.29, 1.82) is 0 Å². The van der Waals surface area contributed by atoms with E-state index in [1.165, 1.54) is 12.1 Å². The lowest BCUT2D eigenvalue weighted by molar-refractivity contribution is -0.120. The molecule has 23 heavy (non-hydrogen) atoms. The highest BCUT2D eigenvalue weighted by atomic mass is 19.1. The molecule has 1 amide bonds. The number of nitrogens with one attached hydrogen (secondary N) is 1. The quantitative estimate of drug-likeness (QED) is 0.761. The topological polar surface area (TPSA) is 29.1 Å². The first-order valence-corrected chi connectivity index (χ1v) is 7.70. The van der Waals surface area contributed by atoms with Gasteiger partial charge in [0.05, 0.1) is 6.42 Å². The molecule has 0 radical (unpaired) electrons. The summed E-state index contributed by atoms with van der Waals surface area (Å²) >= 11 is 0. The van der Waals surface area contributed by atoms with Crippen LogP contribution >= 0.6 is 0 Å². The van der Waals surface area contributed by atoms with E-state index >= 15 is 0 Å². The zero-order chi connectivity index (χ0) is 16.1. The molecule has 0 aliphatic rings. The van der Waals surface area contributed by atoms with Crippen molar-refractivity contribution >= 4 is 16.7 Å². The third-order valence-corrected chi connectivity index (χ3v) is 3.88. The number of hydrogen-bond donors (Lipinski definition) is 1. The molecule has 0 spiro atoms. The minimum absolute atomic E-state index is 0.00321. The molecule has 0 atom stereocenters. The summed E-state index contributed by atoms with van der Waals surface area (Å²) in [6.45, 7) is 0.551. The van der Waals surface area contributed by atoms with Crippen molar-refractivity contribution in [3.8, 4) is 0 Å². The second-order valence-corrected chi connectivity index (χ2v) is 5.54. The van der Waals surface area contributed by atoms with E-state index in [4.69, 9.17) is 0 Å². The van der Waals surface area contributed by atoms with Crippen LogP contribution < -0.4 is 5.32 Å². The Labute approximate surface area is 135 Å². The highest BCUT2D eigenvalue weighted by Crippen LogP contribution is 2.18. The van der Waals surface area contributed by atoms with Gasteiger partial charge in [-0.2, -0.15) is 0 Å². The van der Waals surface area contributed by atoms with Gasteiger partial charge in [0.2, 0.25) is 5.91 Å². The fourth-order valence-corrected chi connectivity index (χ4v) is 2.68. The van der Waals surface area contributed by atoms with Crippen molar-refractivity contribution in [2.24, 2.45) is 0 Å². The molecule has 1 N–H and O–H groups in total. The summed E-state index contributed by atoms with van der Waals surface area (Å²) in [5.74, 6) is -0.239. The molecular formula is C20H18FNO. The molecule has 0 unspecified atom stereocenters. The van der Waals surface area contributed by atoms with Crippen LogP contribution in [0.25, 0.3) is 10.8 Å². The largest absolute Gasteiger partial charge is 0.355 e. The van der Waals surface area contributed by atoms with Crippen LogP contribution in [0.2, 0.25) is 0 Å². The molecule has 0 aliphatic heterocycles. The van der Waals surface area contributed by atoms with Gasteiger partial charge in [-0.1, -0.05) is 54.6 Å². The van der Waals surface area contributed by atoms with Gasteiger partial charge in [0.15, 0.2) is 0 Å². The first-order chi connectivity index (χ1) is 11.2. The van der Waals surface area contributed by atoms with Crippen LogP contribution in [-0.4, -0.2) is 12.5 Å². The highest BCUT2D eigenvalue weighted by Gasteiger charge is 2.06. The van der Waals surface area contributed by atoms with Crippen LogP contribution in [0.5, 0.6) is 0 Å². The van der Waals surface area contributed by atoms with Crippen LogP contribution in [0.3, 0.4) is 0 Å². The van der Waals surface area contributed by atoms with Gasteiger partial charge >= 0.3 is 0 Å². The van der Waals surface area contributed by atoms with E-state index in [-0.39, 0.29) is 11.7 Å². The molecular weight excluding hydrogens is 289 g/mol. The van der Waals surface area contributed by atoms with E-state index < -0.39 is 0 Å². The fraction of sp³-hybridized carbons (Fsp3) is 0.150. The van der Waals surface area contributed by atoms with Gasteiger partial charge in [0.25, 0.3) is 0 Å². The molecule has 2 nitrogen and oxygen atoms in total. The molecule has 3 aromatic carbocycles. The zero-order valence-electron chi connectivity index (χ0n) is 12.8. The molecule has 0 aliphatic carbocycles. The third-order valence-electron chi connectivity index (χ3n) is 3.88. The molecule has 3 heteroatoms. The van der Waals surface area contributed by atoms with E-state index in [0.717, 1.165) is 21.9 Å². The third kappa shape index (κ3) is 3.95. The molecule has 116 valence electrons. The van der Waals surface area contributed by atoms with E-state index in [9.17, 15) is 9.18 Å². The molecule has 0 fully saturated rings. The standard InChI is InChI=1S/C20H18FNO/c21-18-10-8-15(9-11-18)12-13-22-20(23)14-17-6-3-5-16-4-1-2-7-19(16)17/h1-11H,12-14H2,(H,22,23). The van der Waals surface area contributed by atoms with Crippen LogP contribution in [0, 0.1) is 5.82 Å². The molecule has 0 saturated carbocycles. The Bertz CT molecular complexity index is 806. The van der Waals surface area contributed by atoms with Gasteiger partial charge in [-0.05, 0) is 40.5 Å². The first-order valence-electron chi connectivity index (χ1n) is 7.70. The monoisotopic (exact) mass is 307 g/mol. The average molecular weight is 307 g/mol. The maximum absolute atomic E-state index is 12.8. The van der Waals surface area contributed by atoms with E-state index in [1.807, 2.05) is 42.5 Å². The van der Waals surface area contributed by atoms with Crippen LogP contribution in [0.15, 0.2) is 66.7 Å². The Kier molecular flexibility index (Phi) is 4.67. The van der Waals surface area contributed by atoms with Crippen molar-refractivity contribution in [1.82, 2.24) is 5.32 Å². The SMILES string of the molecule is O=C(Cc1cccc2ccccc12)NCCc1ccc(F)cc1. The molecule has 0 heterocycles. The number of carbonyl (C=O) groups is 1. The van der Waals surface area contributed by atoms with Gasteiger partial charge in [-0.3, -0.25) is 4.79 Å². The Morgan fingerprint density at radius 3 is 2.48 bits per heavy atom. The molecule has 0 bridgehead atoms. The fourth-order valence-electron chi connectivity index (χ4n) is 2.68. The molecule has 3 rings (SSSR count). The van der Waals surface area contributed by atoms with Gasteiger partial charge in [-0.25, -0.2) is 4.39 Å². The normalized spacial score (nSPS) is 10.7. The Hall–Kier alpha value is -2.68. The maximum atomic E-state index is 12.8. The lowest BCUT2D eigenvalue weighted by Crippen LogP contribution is -2.27. The second-order valence-electron chi connectivity index (χ2n) is 5.54. The van der Waals surface area contributed by atoms with E-state index in [0.29, 0.717) is 19.4 Å². The second kappa shape index (κ2) is 7.05. The Balaban J connectivity index is 1.57. The molecule has 3 aromatic rings. The number of benzene rings is 3. The highest BCUT2D eigenvalue weighted by molar-refractivity contribution is 5.90. The van der Waals surface area contributed by atoms with Crippen LogP contribution in [0.1, 0.15) is 11.1 Å². The lowest BCUT2D eigenvalue weighted by atomic mass is 10.0. The summed E-state index contributed by atoms with van der Waals surface area (Å²) in [7, 11) is 0. The Morgan fingerprint density at radius 2 is 1.65 bits per heavy atom. The summed E-state index contributed by atoms with van der Waals surface area (Å²) in [5, 5.41) is 5.18.